The molecular formula is C10H8Cl3NO3S2. The van der Waals surface area contributed by atoms with E-state index >= 15 is 0 Å². The van der Waals surface area contributed by atoms with Gasteiger partial charge in [0.25, 0.3) is 0 Å². The Morgan fingerprint density at radius 3 is 2.26 bits per heavy atom. The molecule has 0 radical (unpaired) electrons. The van der Waals surface area contributed by atoms with E-state index in [0.717, 1.165) is 10.6 Å². The van der Waals surface area contributed by atoms with Crippen molar-refractivity contribution >= 4 is 52.6 Å². The number of hydrogen-bond donors (Lipinski definition) is 0. The lowest BCUT2D eigenvalue weighted by molar-refractivity contribution is 0.309. The van der Waals surface area contributed by atoms with E-state index in [1.807, 2.05) is 30.3 Å². The van der Waals surface area contributed by atoms with E-state index < -0.39 is 8.26 Å². The number of benzene rings is 1. The van der Waals surface area contributed by atoms with Gasteiger partial charge in [-0.3, -0.25) is 0 Å². The second kappa shape index (κ2) is 7.91. The van der Waals surface area contributed by atoms with Crippen molar-refractivity contribution in [1.82, 2.24) is 4.98 Å². The Bertz CT molecular complexity index is 593. The van der Waals surface area contributed by atoms with Gasteiger partial charge >= 0.3 is 8.26 Å². The third kappa shape index (κ3) is 9.07. The molecule has 19 heavy (non-hydrogen) atoms. The minimum atomic E-state index is -3.72. The quantitative estimate of drug-likeness (QED) is 0.774. The van der Waals surface area contributed by atoms with Crippen molar-refractivity contribution in [3.8, 4) is 5.75 Å². The van der Waals surface area contributed by atoms with Gasteiger partial charge in [0.2, 0.25) is 0 Å². The summed E-state index contributed by atoms with van der Waals surface area (Å²) in [5, 5.41) is 0. The number of para-hydroxylation sites is 1. The maximum Gasteiger partial charge on any atom is 0.317 e. The second-order valence-corrected chi connectivity index (χ2v) is 8.43. The molecular weight excluding hydrogens is 353 g/mol. The van der Waals surface area contributed by atoms with E-state index in [4.69, 9.17) is 24.8 Å². The first-order valence-corrected chi connectivity index (χ1v) is 9.10. The highest BCUT2D eigenvalue weighted by atomic mass is 36.0. The standard InChI is InChI=1S/C10H8ClNOS.Cl2O2S/c11-10-12-6-9(14-10)7-13-8-4-2-1-3-5-8;1-5(2,3)4/h1-6H,7H2;. The third-order valence-electron chi connectivity index (χ3n) is 1.65. The number of rotatable bonds is 3. The van der Waals surface area contributed by atoms with Crippen LogP contribution in [-0.4, -0.2) is 13.4 Å². The number of ether oxygens (including phenoxy) is 1. The average Bonchev–Trinajstić information content (AvgIpc) is 2.72. The maximum atomic E-state index is 9.16. The molecule has 0 saturated heterocycles. The zero-order valence-corrected chi connectivity index (χ0v) is 13.2. The SMILES string of the molecule is Clc1ncc(COc2ccccc2)s1.O=S(=O)(Cl)Cl. The van der Waals surface area contributed by atoms with E-state index in [2.05, 4.69) is 26.3 Å². The summed E-state index contributed by atoms with van der Waals surface area (Å²) in [5.41, 5.74) is 0. The highest BCUT2D eigenvalue weighted by molar-refractivity contribution is 8.31. The number of hydrogen-bond acceptors (Lipinski definition) is 5. The Labute approximate surface area is 128 Å². The van der Waals surface area contributed by atoms with Crippen LogP contribution >= 0.6 is 44.3 Å². The lowest BCUT2D eigenvalue weighted by atomic mass is 10.3. The minimum Gasteiger partial charge on any atom is -0.488 e. The van der Waals surface area contributed by atoms with E-state index in [0.29, 0.717) is 11.1 Å². The zero-order valence-electron chi connectivity index (χ0n) is 9.29. The monoisotopic (exact) mass is 359 g/mol. The molecule has 1 heterocycles. The molecule has 0 aliphatic heterocycles. The molecule has 0 aliphatic carbocycles. The first-order valence-electron chi connectivity index (χ1n) is 4.77. The molecule has 0 aliphatic rings. The van der Waals surface area contributed by atoms with Crippen LogP contribution in [0.4, 0.5) is 0 Å². The zero-order chi connectivity index (χ0) is 14.3. The van der Waals surface area contributed by atoms with E-state index in [-0.39, 0.29) is 0 Å². The van der Waals surface area contributed by atoms with Gasteiger partial charge in [0.05, 0.1) is 4.88 Å². The average molecular weight is 361 g/mol. The summed E-state index contributed by atoms with van der Waals surface area (Å²) in [6.45, 7) is 0.522. The molecule has 2 rings (SSSR count). The van der Waals surface area contributed by atoms with Crippen LogP contribution in [0.25, 0.3) is 0 Å². The Morgan fingerprint density at radius 2 is 1.79 bits per heavy atom. The van der Waals surface area contributed by atoms with Gasteiger partial charge in [0.15, 0.2) is 4.47 Å². The highest BCUT2D eigenvalue weighted by Crippen LogP contribution is 2.19. The van der Waals surface area contributed by atoms with Crippen molar-refractivity contribution < 1.29 is 13.2 Å². The normalized spacial score (nSPS) is 10.5. The largest absolute Gasteiger partial charge is 0.488 e. The van der Waals surface area contributed by atoms with Gasteiger partial charge in [-0.05, 0) is 12.1 Å². The Morgan fingerprint density at radius 1 is 1.21 bits per heavy atom. The lowest BCUT2D eigenvalue weighted by Crippen LogP contribution is -1.91. The fourth-order valence-electron chi connectivity index (χ4n) is 1.02. The van der Waals surface area contributed by atoms with Crippen molar-refractivity contribution in [2.24, 2.45) is 0 Å². The predicted molar refractivity (Wildman–Crippen MR) is 78.5 cm³/mol. The molecule has 0 bridgehead atoms. The molecule has 0 atom stereocenters. The van der Waals surface area contributed by atoms with Gasteiger partial charge in [0.1, 0.15) is 12.4 Å². The van der Waals surface area contributed by atoms with Crippen molar-refractivity contribution in [3.63, 3.8) is 0 Å². The van der Waals surface area contributed by atoms with Crippen LogP contribution in [0.3, 0.4) is 0 Å². The summed E-state index contributed by atoms with van der Waals surface area (Å²) < 4.78 is 24.4. The molecule has 0 N–H and O–H groups in total. The number of nitrogens with zero attached hydrogens (tertiary/aromatic N) is 1. The topological polar surface area (TPSA) is 56.3 Å². The molecule has 0 saturated carbocycles. The van der Waals surface area contributed by atoms with Crippen molar-refractivity contribution in [1.29, 1.82) is 0 Å². The van der Waals surface area contributed by atoms with Crippen molar-refractivity contribution in [2.45, 2.75) is 6.61 Å². The molecule has 0 amide bonds. The van der Waals surface area contributed by atoms with Crippen molar-refractivity contribution in [3.05, 3.63) is 45.9 Å². The summed E-state index contributed by atoms with van der Waals surface area (Å²) in [4.78, 5) is 4.96. The summed E-state index contributed by atoms with van der Waals surface area (Å²) >= 11 is 7.13. The Balaban J connectivity index is 0.000000312. The van der Waals surface area contributed by atoms with Gasteiger partial charge < -0.3 is 4.74 Å². The van der Waals surface area contributed by atoms with Crippen LogP contribution < -0.4 is 4.74 Å². The molecule has 9 heteroatoms. The van der Waals surface area contributed by atoms with E-state index in [1.165, 1.54) is 11.3 Å². The van der Waals surface area contributed by atoms with E-state index in [1.54, 1.807) is 6.20 Å². The third-order valence-corrected chi connectivity index (χ3v) is 2.74. The van der Waals surface area contributed by atoms with Crippen LogP contribution in [0.1, 0.15) is 4.88 Å². The molecule has 4 nitrogen and oxygen atoms in total. The van der Waals surface area contributed by atoms with Crippen LogP contribution in [0.2, 0.25) is 4.47 Å². The summed E-state index contributed by atoms with van der Waals surface area (Å²) in [6.07, 6.45) is 1.73. The van der Waals surface area contributed by atoms with Crippen LogP contribution in [0, 0.1) is 0 Å². The second-order valence-electron chi connectivity index (χ2n) is 3.06. The molecule has 1 aromatic carbocycles. The summed E-state index contributed by atoms with van der Waals surface area (Å²) in [6, 6.07) is 9.67. The molecule has 0 spiro atoms. The molecule has 0 fully saturated rings. The summed E-state index contributed by atoms with van der Waals surface area (Å²) in [7, 11) is 4.81. The van der Waals surface area contributed by atoms with Gasteiger partial charge in [-0.2, -0.15) is 8.42 Å². The lowest BCUT2D eigenvalue weighted by Gasteiger charge is -2.02. The van der Waals surface area contributed by atoms with Crippen LogP contribution in [0.5, 0.6) is 5.75 Å². The Hall–Kier alpha value is -0.530. The van der Waals surface area contributed by atoms with E-state index in [9.17, 15) is 0 Å². The molecule has 0 unspecified atom stereocenters. The Kier molecular flexibility index (Phi) is 6.88. The fourth-order valence-corrected chi connectivity index (χ4v) is 1.91. The smallest absolute Gasteiger partial charge is 0.317 e. The summed E-state index contributed by atoms with van der Waals surface area (Å²) in [5.74, 6) is 0.858. The number of aromatic nitrogens is 1. The maximum absolute atomic E-state index is 9.16. The number of halogens is 3. The molecule has 1 aromatic heterocycles. The van der Waals surface area contributed by atoms with Gasteiger partial charge in [-0.15, -0.1) is 11.3 Å². The predicted octanol–water partition coefficient (Wildman–Crippen LogP) is 4.08. The number of thiazole rings is 1. The highest BCUT2D eigenvalue weighted by Gasteiger charge is 1.99. The van der Waals surface area contributed by atoms with Gasteiger partial charge in [-0.1, -0.05) is 29.8 Å². The first kappa shape index (κ1) is 16.5. The first-order chi connectivity index (χ1) is 8.84. The van der Waals surface area contributed by atoms with Crippen LogP contribution in [0.15, 0.2) is 36.5 Å². The minimum absolute atomic E-state index is 0.522. The van der Waals surface area contributed by atoms with Crippen molar-refractivity contribution in [2.75, 3.05) is 0 Å². The van der Waals surface area contributed by atoms with Gasteiger partial charge in [-0.25, -0.2) is 4.98 Å². The van der Waals surface area contributed by atoms with Gasteiger partial charge in [0, 0.05) is 27.6 Å². The fraction of sp³-hybridized carbons (Fsp3) is 0.100. The molecule has 104 valence electrons. The van der Waals surface area contributed by atoms with Crippen LogP contribution in [-0.2, 0) is 14.9 Å². The molecule has 2 aromatic rings.